The summed E-state index contributed by atoms with van der Waals surface area (Å²) in [5.74, 6) is -0.0543. The van der Waals surface area contributed by atoms with Crippen molar-refractivity contribution in [3.63, 3.8) is 0 Å². The largest absolute Gasteiger partial charge is 0.354 e. The minimum absolute atomic E-state index is 0.132. The van der Waals surface area contributed by atoms with E-state index in [0.717, 1.165) is 35.2 Å². The van der Waals surface area contributed by atoms with Crippen molar-refractivity contribution in [2.75, 3.05) is 0 Å². The van der Waals surface area contributed by atoms with Crippen molar-refractivity contribution < 1.29 is 9.59 Å². The van der Waals surface area contributed by atoms with E-state index < -0.39 is 0 Å². The van der Waals surface area contributed by atoms with Gasteiger partial charge in [-0.05, 0) is 43.4 Å². The summed E-state index contributed by atoms with van der Waals surface area (Å²) in [5, 5.41) is 3.17. The molecule has 3 aromatic rings. The number of nitrogens with one attached hydrogen (secondary N) is 2. The van der Waals surface area contributed by atoms with E-state index in [1.165, 1.54) is 5.56 Å². The average Bonchev–Trinajstić information content (AvgIpc) is 3.05. The van der Waals surface area contributed by atoms with Crippen molar-refractivity contribution >= 4 is 11.7 Å². The lowest BCUT2D eigenvalue weighted by Gasteiger charge is -2.20. The first-order valence-corrected chi connectivity index (χ1v) is 9.71. The van der Waals surface area contributed by atoms with Crippen LogP contribution in [0.4, 0.5) is 0 Å². The summed E-state index contributed by atoms with van der Waals surface area (Å²) in [6.07, 6.45) is 2.21. The normalized spacial score (nSPS) is 14.4. The maximum absolute atomic E-state index is 13.2. The molecule has 0 bridgehead atoms. The number of aromatic nitrogens is 1. The number of ketones is 1. The SMILES string of the molecule is Cc1ccc(C(NC(=O)c2[nH]c3c(c2C)C(=O)CCC3)c2ccccc2)cc1. The van der Waals surface area contributed by atoms with Gasteiger partial charge in [-0.1, -0.05) is 60.2 Å². The third-order valence-corrected chi connectivity index (χ3v) is 5.48. The van der Waals surface area contributed by atoms with E-state index in [1.54, 1.807) is 0 Å². The zero-order valence-corrected chi connectivity index (χ0v) is 16.2. The highest BCUT2D eigenvalue weighted by Gasteiger charge is 2.27. The minimum atomic E-state index is -0.260. The van der Waals surface area contributed by atoms with E-state index in [1.807, 2.05) is 56.3 Å². The van der Waals surface area contributed by atoms with Crippen LogP contribution in [-0.2, 0) is 6.42 Å². The van der Waals surface area contributed by atoms with E-state index in [2.05, 4.69) is 22.4 Å². The van der Waals surface area contributed by atoms with Crippen LogP contribution in [0, 0.1) is 13.8 Å². The van der Waals surface area contributed by atoms with Crippen molar-refractivity contribution in [1.82, 2.24) is 10.3 Å². The van der Waals surface area contributed by atoms with Crippen molar-refractivity contribution in [2.45, 2.75) is 39.2 Å². The van der Waals surface area contributed by atoms with E-state index in [9.17, 15) is 9.59 Å². The molecular weight excluding hydrogens is 348 g/mol. The molecule has 0 aliphatic heterocycles. The number of hydrogen-bond donors (Lipinski definition) is 2. The van der Waals surface area contributed by atoms with E-state index >= 15 is 0 Å². The molecule has 1 amide bonds. The zero-order chi connectivity index (χ0) is 19.7. The Hall–Kier alpha value is -3.14. The predicted octanol–water partition coefficient (Wildman–Crippen LogP) is 4.67. The summed E-state index contributed by atoms with van der Waals surface area (Å²) in [4.78, 5) is 28.7. The highest BCUT2D eigenvalue weighted by atomic mass is 16.2. The Bertz CT molecular complexity index is 1020. The Balaban J connectivity index is 1.69. The highest BCUT2D eigenvalue weighted by Crippen LogP contribution is 2.28. The summed E-state index contributed by atoms with van der Waals surface area (Å²) in [6, 6.07) is 17.9. The van der Waals surface area contributed by atoms with Crippen molar-refractivity contribution in [2.24, 2.45) is 0 Å². The fourth-order valence-corrected chi connectivity index (χ4v) is 3.97. The molecule has 2 aromatic carbocycles. The van der Waals surface area contributed by atoms with Gasteiger partial charge in [0.2, 0.25) is 0 Å². The number of benzene rings is 2. The van der Waals surface area contributed by atoms with Crippen LogP contribution in [0.15, 0.2) is 54.6 Å². The van der Waals surface area contributed by atoms with Gasteiger partial charge in [0, 0.05) is 17.7 Å². The standard InChI is InChI=1S/C24H24N2O2/c1-15-11-13-18(14-12-15)23(17-7-4-3-5-8-17)26-24(28)22-16(2)21-19(25-22)9-6-10-20(21)27/h3-5,7-8,11-14,23,25H,6,9-10H2,1-2H3,(H,26,28). The zero-order valence-electron chi connectivity index (χ0n) is 16.2. The Morgan fingerprint density at radius 3 is 2.32 bits per heavy atom. The maximum Gasteiger partial charge on any atom is 0.268 e. The molecule has 0 saturated carbocycles. The molecule has 0 fully saturated rings. The van der Waals surface area contributed by atoms with Gasteiger partial charge in [0.05, 0.1) is 6.04 Å². The molecule has 1 unspecified atom stereocenters. The lowest BCUT2D eigenvalue weighted by molar-refractivity contribution is 0.0937. The number of Topliss-reactive ketones (excluding diaryl/α,β-unsaturated/α-hetero) is 1. The molecule has 4 rings (SSSR count). The van der Waals surface area contributed by atoms with Gasteiger partial charge in [0.1, 0.15) is 5.69 Å². The maximum atomic E-state index is 13.2. The van der Waals surface area contributed by atoms with E-state index in [0.29, 0.717) is 17.7 Å². The predicted molar refractivity (Wildman–Crippen MR) is 110 cm³/mol. The molecular formula is C24H24N2O2. The fourth-order valence-electron chi connectivity index (χ4n) is 3.97. The first-order chi connectivity index (χ1) is 13.5. The monoisotopic (exact) mass is 372 g/mol. The number of carbonyl (C=O) groups excluding carboxylic acids is 2. The van der Waals surface area contributed by atoms with Gasteiger partial charge in [-0.2, -0.15) is 0 Å². The van der Waals surface area contributed by atoms with Crippen LogP contribution in [-0.4, -0.2) is 16.7 Å². The number of amides is 1. The van der Waals surface area contributed by atoms with Crippen LogP contribution in [0.25, 0.3) is 0 Å². The number of H-pyrrole nitrogens is 1. The Morgan fingerprint density at radius 2 is 1.64 bits per heavy atom. The number of hydrogen-bond acceptors (Lipinski definition) is 2. The summed E-state index contributed by atoms with van der Waals surface area (Å²) < 4.78 is 0. The van der Waals surface area contributed by atoms with Crippen LogP contribution in [0.1, 0.15) is 67.7 Å². The van der Waals surface area contributed by atoms with Crippen molar-refractivity contribution in [3.8, 4) is 0 Å². The molecule has 1 aliphatic rings. The van der Waals surface area contributed by atoms with Gasteiger partial charge in [0.25, 0.3) is 5.91 Å². The molecule has 1 aliphatic carbocycles. The lowest BCUT2D eigenvalue weighted by atomic mass is 9.93. The summed E-state index contributed by atoms with van der Waals surface area (Å²) >= 11 is 0. The lowest BCUT2D eigenvalue weighted by Crippen LogP contribution is -2.30. The second kappa shape index (κ2) is 7.47. The second-order valence-electron chi connectivity index (χ2n) is 7.48. The third-order valence-electron chi connectivity index (χ3n) is 5.48. The molecule has 0 saturated heterocycles. The molecule has 1 atom stereocenters. The topological polar surface area (TPSA) is 62.0 Å². The van der Waals surface area contributed by atoms with Crippen LogP contribution in [0.5, 0.6) is 0 Å². The first-order valence-electron chi connectivity index (χ1n) is 9.71. The van der Waals surface area contributed by atoms with Gasteiger partial charge in [-0.15, -0.1) is 0 Å². The van der Waals surface area contributed by atoms with E-state index in [-0.39, 0.29) is 17.7 Å². The smallest absolute Gasteiger partial charge is 0.268 e. The summed E-state index contributed by atoms with van der Waals surface area (Å²) in [6.45, 7) is 3.90. The number of aryl methyl sites for hydroxylation is 2. The van der Waals surface area contributed by atoms with E-state index in [4.69, 9.17) is 0 Å². The Labute approximate surface area is 165 Å². The van der Waals surface area contributed by atoms with Crippen LogP contribution >= 0.6 is 0 Å². The molecule has 1 aromatic heterocycles. The van der Waals surface area contributed by atoms with Crippen LogP contribution in [0.3, 0.4) is 0 Å². The van der Waals surface area contributed by atoms with Crippen molar-refractivity contribution in [1.29, 1.82) is 0 Å². The summed E-state index contributed by atoms with van der Waals surface area (Å²) in [5.41, 5.74) is 6.07. The van der Waals surface area contributed by atoms with Gasteiger partial charge in [-0.25, -0.2) is 0 Å². The van der Waals surface area contributed by atoms with Crippen LogP contribution in [0.2, 0.25) is 0 Å². The molecule has 4 heteroatoms. The number of fused-ring (bicyclic) bond motifs is 1. The molecule has 4 nitrogen and oxygen atoms in total. The molecule has 1 heterocycles. The van der Waals surface area contributed by atoms with Gasteiger partial charge >= 0.3 is 0 Å². The molecule has 0 spiro atoms. The number of aromatic amines is 1. The second-order valence-corrected chi connectivity index (χ2v) is 7.48. The number of rotatable bonds is 4. The number of carbonyl (C=O) groups is 2. The Morgan fingerprint density at radius 1 is 0.964 bits per heavy atom. The highest BCUT2D eigenvalue weighted by molar-refractivity contribution is 6.04. The van der Waals surface area contributed by atoms with Crippen molar-refractivity contribution in [3.05, 3.63) is 93.8 Å². The van der Waals surface area contributed by atoms with Gasteiger partial charge < -0.3 is 10.3 Å². The molecule has 2 N–H and O–H groups in total. The van der Waals surface area contributed by atoms with Gasteiger partial charge in [-0.3, -0.25) is 9.59 Å². The summed E-state index contributed by atoms with van der Waals surface area (Å²) in [7, 11) is 0. The average molecular weight is 372 g/mol. The van der Waals surface area contributed by atoms with Crippen LogP contribution < -0.4 is 5.32 Å². The van der Waals surface area contributed by atoms with Gasteiger partial charge in [0.15, 0.2) is 5.78 Å². The first kappa shape index (κ1) is 18.2. The quantitative estimate of drug-likeness (QED) is 0.699. The minimum Gasteiger partial charge on any atom is -0.354 e. The fraction of sp³-hybridized carbons (Fsp3) is 0.250. The molecule has 142 valence electrons. The third kappa shape index (κ3) is 3.38. The molecule has 0 radical (unpaired) electrons. The Kier molecular flexibility index (Phi) is 4.86. The molecule has 28 heavy (non-hydrogen) atoms.